The van der Waals surface area contributed by atoms with Crippen LogP contribution in [0.2, 0.25) is 5.02 Å². The van der Waals surface area contributed by atoms with Gasteiger partial charge in [-0.3, -0.25) is 14.9 Å². The van der Waals surface area contributed by atoms with Crippen molar-refractivity contribution < 1.29 is 4.92 Å². The van der Waals surface area contributed by atoms with Crippen molar-refractivity contribution in [1.29, 1.82) is 0 Å². The molecule has 0 aliphatic heterocycles. The predicted molar refractivity (Wildman–Crippen MR) is 46.4 cm³/mol. The molecule has 0 saturated heterocycles. The van der Waals surface area contributed by atoms with Gasteiger partial charge in [0.2, 0.25) is 0 Å². The molecular weight excluding hydrogens is 251 g/mol. The largest absolute Gasteiger partial charge is 0.353 e. The number of nitro groups is 1. The van der Waals surface area contributed by atoms with Crippen molar-refractivity contribution >= 4 is 33.2 Å². The average Bonchev–Trinajstić information content (AvgIpc) is 1.97. The Morgan fingerprint density at radius 2 is 2.25 bits per heavy atom. The van der Waals surface area contributed by atoms with Crippen molar-refractivity contribution in [1.82, 2.24) is 4.98 Å². The molecule has 1 aromatic rings. The SMILES string of the molecule is O=c1[nH]cc(Br)c(Cl)c1[N+](=O)[O-]. The summed E-state index contributed by atoms with van der Waals surface area (Å²) < 4.78 is 0.287. The molecule has 7 heteroatoms. The molecule has 1 aromatic heterocycles. The number of nitrogens with zero attached hydrogens (tertiary/aromatic N) is 1. The van der Waals surface area contributed by atoms with Crippen molar-refractivity contribution in [3.8, 4) is 0 Å². The molecule has 1 rings (SSSR count). The fourth-order valence-corrected chi connectivity index (χ4v) is 1.15. The van der Waals surface area contributed by atoms with Crippen LogP contribution in [0.5, 0.6) is 0 Å². The highest BCUT2D eigenvalue weighted by Gasteiger charge is 2.19. The quantitative estimate of drug-likeness (QED) is 0.611. The van der Waals surface area contributed by atoms with Gasteiger partial charge in [0.25, 0.3) is 0 Å². The maximum Gasteiger partial charge on any atom is 0.353 e. The molecular formula is C5H2BrClN2O3. The molecule has 0 atom stereocenters. The minimum absolute atomic E-state index is 0.191. The van der Waals surface area contributed by atoms with E-state index in [1.807, 2.05) is 0 Å². The molecule has 1 N–H and O–H groups in total. The first-order valence-electron chi connectivity index (χ1n) is 2.75. The molecule has 12 heavy (non-hydrogen) atoms. The van der Waals surface area contributed by atoms with Gasteiger partial charge in [0.15, 0.2) is 0 Å². The lowest BCUT2D eigenvalue weighted by molar-refractivity contribution is -0.386. The van der Waals surface area contributed by atoms with E-state index >= 15 is 0 Å². The van der Waals surface area contributed by atoms with Crippen LogP contribution in [0.15, 0.2) is 15.5 Å². The van der Waals surface area contributed by atoms with E-state index in [-0.39, 0.29) is 9.50 Å². The summed E-state index contributed by atoms with van der Waals surface area (Å²) in [6.07, 6.45) is 1.25. The summed E-state index contributed by atoms with van der Waals surface area (Å²) in [5.41, 5.74) is -1.46. The second-order valence-corrected chi connectivity index (χ2v) is 3.12. The smallest absolute Gasteiger partial charge is 0.322 e. The minimum atomic E-state index is -0.827. The first kappa shape index (κ1) is 9.21. The van der Waals surface area contributed by atoms with Gasteiger partial charge in [0, 0.05) is 6.20 Å². The molecule has 0 amide bonds. The molecule has 1 heterocycles. The normalized spacial score (nSPS) is 9.83. The average molecular weight is 253 g/mol. The number of hydrogen-bond acceptors (Lipinski definition) is 3. The highest BCUT2D eigenvalue weighted by atomic mass is 79.9. The maximum atomic E-state index is 10.8. The maximum absolute atomic E-state index is 10.8. The summed E-state index contributed by atoms with van der Waals surface area (Å²) in [6.45, 7) is 0. The number of pyridine rings is 1. The van der Waals surface area contributed by atoms with E-state index < -0.39 is 16.2 Å². The zero-order valence-electron chi connectivity index (χ0n) is 5.51. The van der Waals surface area contributed by atoms with Crippen molar-refractivity contribution in [3.63, 3.8) is 0 Å². The van der Waals surface area contributed by atoms with Gasteiger partial charge < -0.3 is 4.98 Å². The minimum Gasteiger partial charge on any atom is -0.322 e. The van der Waals surface area contributed by atoms with E-state index in [0.29, 0.717) is 0 Å². The molecule has 0 aromatic carbocycles. The Bertz CT molecular complexity index is 389. The zero-order valence-corrected chi connectivity index (χ0v) is 7.85. The van der Waals surface area contributed by atoms with Crippen molar-refractivity contribution in [3.05, 3.63) is 36.2 Å². The fraction of sp³-hybridized carbons (Fsp3) is 0. The van der Waals surface area contributed by atoms with Crippen molar-refractivity contribution in [2.24, 2.45) is 0 Å². The molecule has 0 fully saturated rings. The second kappa shape index (κ2) is 3.24. The third-order valence-electron chi connectivity index (χ3n) is 1.15. The summed E-state index contributed by atoms with van der Waals surface area (Å²) in [7, 11) is 0. The van der Waals surface area contributed by atoms with Crippen LogP contribution in [0.25, 0.3) is 0 Å². The Labute approximate surface area is 79.6 Å². The van der Waals surface area contributed by atoms with E-state index in [2.05, 4.69) is 20.9 Å². The van der Waals surface area contributed by atoms with Crippen LogP contribution in [0.4, 0.5) is 5.69 Å². The molecule has 0 radical (unpaired) electrons. The summed E-state index contributed by atoms with van der Waals surface area (Å²) in [4.78, 5) is 22.4. The van der Waals surface area contributed by atoms with Gasteiger partial charge >= 0.3 is 11.2 Å². The monoisotopic (exact) mass is 252 g/mol. The standard InChI is InChI=1S/C5H2BrClN2O3/c6-2-1-8-5(10)4(3(2)7)9(11)12/h1H,(H,8,10). The Hall–Kier alpha value is -0.880. The van der Waals surface area contributed by atoms with E-state index in [1.54, 1.807) is 0 Å². The Morgan fingerprint density at radius 1 is 1.67 bits per heavy atom. The molecule has 0 aliphatic rings. The van der Waals surface area contributed by atoms with Gasteiger partial charge in [-0.1, -0.05) is 11.6 Å². The zero-order chi connectivity index (χ0) is 9.30. The number of nitrogens with one attached hydrogen (secondary N) is 1. The Morgan fingerprint density at radius 3 is 2.67 bits per heavy atom. The van der Waals surface area contributed by atoms with E-state index in [0.717, 1.165) is 0 Å². The number of halogens is 2. The molecule has 5 nitrogen and oxygen atoms in total. The van der Waals surface area contributed by atoms with Crippen LogP contribution in [-0.2, 0) is 0 Å². The molecule has 64 valence electrons. The van der Waals surface area contributed by atoms with Crippen molar-refractivity contribution in [2.45, 2.75) is 0 Å². The first-order chi connectivity index (χ1) is 5.54. The number of H-pyrrole nitrogens is 1. The molecule has 0 aliphatic carbocycles. The number of rotatable bonds is 1. The third-order valence-corrected chi connectivity index (χ3v) is 2.38. The molecule has 0 bridgehead atoms. The molecule has 0 spiro atoms. The summed E-state index contributed by atoms with van der Waals surface area (Å²) in [5.74, 6) is 0. The topological polar surface area (TPSA) is 76.0 Å². The predicted octanol–water partition coefficient (Wildman–Crippen LogP) is 1.70. The van der Waals surface area contributed by atoms with Gasteiger partial charge in [0.1, 0.15) is 5.02 Å². The highest BCUT2D eigenvalue weighted by molar-refractivity contribution is 9.10. The Balaban J connectivity index is 3.54. The second-order valence-electron chi connectivity index (χ2n) is 1.89. The summed E-state index contributed by atoms with van der Waals surface area (Å²) in [5, 5.41) is 10.1. The first-order valence-corrected chi connectivity index (χ1v) is 3.92. The summed E-state index contributed by atoms with van der Waals surface area (Å²) >= 11 is 8.43. The fourth-order valence-electron chi connectivity index (χ4n) is 0.636. The van der Waals surface area contributed by atoms with E-state index in [1.165, 1.54) is 6.20 Å². The lowest BCUT2D eigenvalue weighted by Crippen LogP contribution is -2.11. The third kappa shape index (κ3) is 1.49. The molecule has 0 saturated carbocycles. The number of hydrogen-bond donors (Lipinski definition) is 1. The number of aromatic amines is 1. The van der Waals surface area contributed by atoms with Crippen LogP contribution in [0, 0.1) is 10.1 Å². The van der Waals surface area contributed by atoms with Gasteiger partial charge in [-0.25, -0.2) is 0 Å². The lowest BCUT2D eigenvalue weighted by atomic mass is 10.4. The van der Waals surface area contributed by atoms with Gasteiger partial charge in [-0.2, -0.15) is 0 Å². The van der Waals surface area contributed by atoms with Crippen LogP contribution in [0.1, 0.15) is 0 Å². The summed E-state index contributed by atoms with van der Waals surface area (Å²) in [6, 6.07) is 0. The van der Waals surface area contributed by atoms with Gasteiger partial charge in [-0.15, -0.1) is 0 Å². The van der Waals surface area contributed by atoms with Crippen LogP contribution in [-0.4, -0.2) is 9.91 Å². The van der Waals surface area contributed by atoms with E-state index in [4.69, 9.17) is 11.6 Å². The van der Waals surface area contributed by atoms with Gasteiger partial charge in [-0.05, 0) is 15.9 Å². The van der Waals surface area contributed by atoms with Crippen LogP contribution >= 0.6 is 27.5 Å². The van der Waals surface area contributed by atoms with Crippen LogP contribution in [0.3, 0.4) is 0 Å². The van der Waals surface area contributed by atoms with E-state index in [9.17, 15) is 14.9 Å². The lowest BCUT2D eigenvalue weighted by Gasteiger charge is -1.94. The van der Waals surface area contributed by atoms with Gasteiger partial charge in [0.05, 0.1) is 9.40 Å². The number of aromatic nitrogens is 1. The van der Waals surface area contributed by atoms with Crippen molar-refractivity contribution in [2.75, 3.05) is 0 Å². The van der Waals surface area contributed by atoms with Crippen LogP contribution < -0.4 is 5.56 Å². The Kier molecular flexibility index (Phi) is 2.49. The molecule has 0 unspecified atom stereocenters. The highest BCUT2D eigenvalue weighted by Crippen LogP contribution is 2.27.